The standard InChI is InChI=1S/C30H21F7N4O2/c31-17-6-14(7-18(32)10-17)8-23(26-19(2-1-5-38-26)15-3-4-22(33)16(9-15)13-42)39-24(43)12-41-28-25(27(40-41)29(34)35)20-11-21(20)30(28,36)37/h1-7,9-10,13,20-21,23,29H,8,11-12H2,(H,39,43). The van der Waals surface area contributed by atoms with Gasteiger partial charge < -0.3 is 5.32 Å². The zero-order chi connectivity index (χ0) is 30.6. The number of rotatable bonds is 9. The molecule has 0 spiro atoms. The fourth-order valence-electron chi connectivity index (χ4n) is 5.87. The van der Waals surface area contributed by atoms with Crippen LogP contribution in [0.4, 0.5) is 30.7 Å². The van der Waals surface area contributed by atoms with Crippen LogP contribution < -0.4 is 5.32 Å². The summed E-state index contributed by atoms with van der Waals surface area (Å²) in [4.78, 5) is 29.0. The maximum absolute atomic E-state index is 15.0. The first-order chi connectivity index (χ1) is 20.5. The summed E-state index contributed by atoms with van der Waals surface area (Å²) >= 11 is 0. The number of halogens is 7. The summed E-state index contributed by atoms with van der Waals surface area (Å²) in [5.41, 5.74) is -1.04. The summed E-state index contributed by atoms with van der Waals surface area (Å²) in [5, 5.41) is 6.28. The Labute approximate surface area is 239 Å². The zero-order valence-electron chi connectivity index (χ0n) is 22.0. The Morgan fingerprint density at radius 3 is 2.51 bits per heavy atom. The van der Waals surface area contributed by atoms with Crippen molar-refractivity contribution >= 4 is 12.2 Å². The van der Waals surface area contributed by atoms with Crippen molar-refractivity contribution in [3.05, 3.63) is 106 Å². The Hall–Kier alpha value is -4.55. The van der Waals surface area contributed by atoms with Crippen molar-refractivity contribution in [2.75, 3.05) is 0 Å². The molecule has 1 N–H and O–H groups in total. The number of benzene rings is 2. The van der Waals surface area contributed by atoms with Crippen molar-refractivity contribution < 1.29 is 40.3 Å². The number of nitrogens with zero attached hydrogens (tertiary/aromatic N) is 3. The van der Waals surface area contributed by atoms with Crippen molar-refractivity contribution in [3.63, 3.8) is 0 Å². The summed E-state index contributed by atoms with van der Waals surface area (Å²) in [5.74, 6) is -8.75. The Bertz CT molecular complexity index is 1740. The van der Waals surface area contributed by atoms with Gasteiger partial charge in [-0.3, -0.25) is 19.3 Å². The average molecular weight is 603 g/mol. The maximum atomic E-state index is 15.0. The van der Waals surface area contributed by atoms with Crippen LogP contribution in [-0.2, 0) is 23.7 Å². The second-order valence-corrected chi connectivity index (χ2v) is 10.6. The van der Waals surface area contributed by atoms with E-state index in [-0.39, 0.29) is 35.2 Å². The molecule has 2 aliphatic rings. The third-order valence-electron chi connectivity index (χ3n) is 7.76. The van der Waals surface area contributed by atoms with Gasteiger partial charge in [0.2, 0.25) is 5.91 Å². The van der Waals surface area contributed by atoms with E-state index in [0.29, 0.717) is 28.2 Å². The second kappa shape index (κ2) is 10.6. The fraction of sp³-hybridized carbons (Fsp3) is 0.267. The van der Waals surface area contributed by atoms with Crippen LogP contribution in [-0.4, -0.2) is 27.0 Å². The number of aldehydes is 1. The van der Waals surface area contributed by atoms with Gasteiger partial charge in [0.25, 0.3) is 12.3 Å². The number of hydrogen-bond donors (Lipinski definition) is 1. The molecule has 0 aliphatic heterocycles. The quantitative estimate of drug-likeness (QED) is 0.177. The monoisotopic (exact) mass is 602 g/mol. The molecule has 0 saturated heterocycles. The van der Waals surface area contributed by atoms with Gasteiger partial charge in [-0.25, -0.2) is 22.0 Å². The molecule has 6 rings (SSSR count). The summed E-state index contributed by atoms with van der Waals surface area (Å²) in [6.45, 7) is -0.841. The van der Waals surface area contributed by atoms with Crippen LogP contribution in [0.3, 0.4) is 0 Å². The van der Waals surface area contributed by atoms with E-state index < -0.39 is 71.5 Å². The molecule has 1 saturated carbocycles. The van der Waals surface area contributed by atoms with Crippen LogP contribution in [0, 0.1) is 23.4 Å². The molecule has 222 valence electrons. The number of carbonyl (C=O) groups is 2. The van der Waals surface area contributed by atoms with E-state index in [1.54, 1.807) is 6.07 Å². The van der Waals surface area contributed by atoms with E-state index in [1.807, 2.05) is 0 Å². The molecule has 0 bridgehead atoms. The minimum Gasteiger partial charge on any atom is -0.346 e. The molecule has 2 aromatic carbocycles. The highest BCUT2D eigenvalue weighted by Gasteiger charge is 2.67. The molecule has 4 aromatic rings. The molecule has 1 fully saturated rings. The predicted molar refractivity (Wildman–Crippen MR) is 138 cm³/mol. The first kappa shape index (κ1) is 28.6. The number of nitrogens with one attached hydrogen (secondary N) is 1. The van der Waals surface area contributed by atoms with Crippen molar-refractivity contribution in [2.24, 2.45) is 5.92 Å². The lowest BCUT2D eigenvalue weighted by atomic mass is 9.94. The van der Waals surface area contributed by atoms with E-state index in [9.17, 15) is 31.5 Å². The van der Waals surface area contributed by atoms with Crippen LogP contribution >= 0.6 is 0 Å². The van der Waals surface area contributed by atoms with E-state index in [2.05, 4.69) is 15.4 Å². The van der Waals surface area contributed by atoms with Gasteiger partial charge in [-0.15, -0.1) is 0 Å². The predicted octanol–water partition coefficient (Wildman–Crippen LogP) is 6.42. The Balaban J connectivity index is 1.37. The van der Waals surface area contributed by atoms with E-state index in [4.69, 9.17) is 0 Å². The Morgan fingerprint density at radius 2 is 1.81 bits per heavy atom. The minimum atomic E-state index is -3.44. The van der Waals surface area contributed by atoms with Gasteiger partial charge in [-0.2, -0.15) is 13.9 Å². The topological polar surface area (TPSA) is 76.9 Å². The van der Waals surface area contributed by atoms with Gasteiger partial charge in [0, 0.05) is 29.3 Å². The molecule has 6 nitrogen and oxygen atoms in total. The molecular formula is C30H21F7N4O2. The van der Waals surface area contributed by atoms with Crippen molar-refractivity contribution in [3.8, 4) is 11.1 Å². The van der Waals surface area contributed by atoms with Crippen LogP contribution in [0.2, 0.25) is 0 Å². The first-order valence-corrected chi connectivity index (χ1v) is 13.2. The smallest absolute Gasteiger partial charge is 0.293 e. The minimum absolute atomic E-state index is 0.0571. The van der Waals surface area contributed by atoms with Crippen LogP contribution in [0.1, 0.15) is 63.4 Å². The molecule has 13 heteroatoms. The van der Waals surface area contributed by atoms with Crippen molar-refractivity contribution in [1.82, 2.24) is 20.1 Å². The lowest BCUT2D eigenvalue weighted by Crippen LogP contribution is -2.35. The Morgan fingerprint density at radius 1 is 1.07 bits per heavy atom. The van der Waals surface area contributed by atoms with Crippen molar-refractivity contribution in [2.45, 2.75) is 43.7 Å². The highest BCUT2D eigenvalue weighted by molar-refractivity contribution is 5.80. The summed E-state index contributed by atoms with van der Waals surface area (Å²) < 4.78 is 100. The molecule has 3 unspecified atom stereocenters. The fourth-order valence-corrected chi connectivity index (χ4v) is 5.87. The summed E-state index contributed by atoms with van der Waals surface area (Å²) in [6, 6.07) is 8.40. The zero-order valence-corrected chi connectivity index (χ0v) is 22.0. The van der Waals surface area contributed by atoms with Gasteiger partial charge >= 0.3 is 0 Å². The number of pyridine rings is 1. The Kier molecular flexibility index (Phi) is 7.05. The molecule has 43 heavy (non-hydrogen) atoms. The average Bonchev–Trinajstić information content (AvgIpc) is 3.61. The molecule has 2 aromatic heterocycles. The van der Waals surface area contributed by atoms with Gasteiger partial charge in [0.1, 0.15) is 35.4 Å². The maximum Gasteiger partial charge on any atom is 0.293 e. The third kappa shape index (κ3) is 5.17. The molecule has 2 heterocycles. The highest BCUT2D eigenvalue weighted by atomic mass is 19.3. The van der Waals surface area contributed by atoms with Crippen LogP contribution in [0.15, 0.2) is 54.7 Å². The molecule has 2 aliphatic carbocycles. The number of aromatic nitrogens is 3. The van der Waals surface area contributed by atoms with E-state index in [1.165, 1.54) is 24.4 Å². The third-order valence-corrected chi connectivity index (χ3v) is 7.76. The largest absolute Gasteiger partial charge is 0.346 e. The number of carbonyl (C=O) groups excluding carboxylic acids is 2. The normalized spacial score (nSPS) is 18.7. The van der Waals surface area contributed by atoms with E-state index in [0.717, 1.165) is 18.2 Å². The number of fused-ring (bicyclic) bond motifs is 3. The van der Waals surface area contributed by atoms with Gasteiger partial charge in [-0.1, -0.05) is 12.1 Å². The molecule has 3 atom stereocenters. The second-order valence-electron chi connectivity index (χ2n) is 10.6. The number of hydrogen-bond acceptors (Lipinski definition) is 4. The number of amides is 1. The summed E-state index contributed by atoms with van der Waals surface area (Å²) in [6.07, 6.45) is -1.60. The van der Waals surface area contributed by atoms with E-state index >= 15 is 8.78 Å². The summed E-state index contributed by atoms with van der Waals surface area (Å²) in [7, 11) is 0. The SMILES string of the molecule is O=Cc1cc(-c2cccnc2C(Cc2cc(F)cc(F)c2)NC(=O)Cn2nc(C(F)F)c3c2C(F)(F)C2CC32)ccc1F. The molecule has 1 amide bonds. The van der Waals surface area contributed by atoms with Gasteiger partial charge in [-0.05, 0) is 60.2 Å². The molecule has 0 radical (unpaired) electrons. The van der Waals surface area contributed by atoms with Gasteiger partial charge in [0.05, 0.1) is 17.3 Å². The van der Waals surface area contributed by atoms with Gasteiger partial charge in [0.15, 0.2) is 6.29 Å². The van der Waals surface area contributed by atoms with Crippen molar-refractivity contribution in [1.29, 1.82) is 0 Å². The molecular weight excluding hydrogens is 581 g/mol. The first-order valence-electron chi connectivity index (χ1n) is 13.2. The lowest BCUT2D eigenvalue weighted by Gasteiger charge is -2.22. The van der Waals surface area contributed by atoms with Crippen LogP contribution in [0.5, 0.6) is 0 Å². The lowest BCUT2D eigenvalue weighted by molar-refractivity contribution is -0.123. The number of alkyl halides is 4. The highest BCUT2D eigenvalue weighted by Crippen LogP contribution is 2.68. The van der Waals surface area contributed by atoms with Crippen LogP contribution in [0.25, 0.3) is 11.1 Å².